The Morgan fingerprint density at radius 1 is 1.30 bits per heavy atom. The van der Waals surface area contributed by atoms with Crippen molar-refractivity contribution in [2.75, 3.05) is 0 Å². The van der Waals surface area contributed by atoms with Gasteiger partial charge in [-0.05, 0) is 18.8 Å². The highest BCUT2D eigenvalue weighted by atomic mass is 16.1. The number of hydrogen-bond acceptors (Lipinski definition) is 1. The van der Waals surface area contributed by atoms with E-state index in [1.54, 1.807) is 0 Å². The third-order valence-corrected chi connectivity index (χ3v) is 3.55. The SMILES string of the molecule is CC12CC(C1)C(C)(C)C2=O. The van der Waals surface area contributed by atoms with E-state index in [4.69, 9.17) is 0 Å². The summed E-state index contributed by atoms with van der Waals surface area (Å²) in [5.74, 6) is 1.20. The van der Waals surface area contributed by atoms with Crippen molar-refractivity contribution in [1.29, 1.82) is 0 Å². The van der Waals surface area contributed by atoms with Gasteiger partial charge >= 0.3 is 0 Å². The molecule has 2 bridgehead atoms. The molecule has 0 aliphatic heterocycles. The van der Waals surface area contributed by atoms with Crippen LogP contribution < -0.4 is 0 Å². The summed E-state index contributed by atoms with van der Waals surface area (Å²) in [4.78, 5) is 11.6. The molecule has 0 saturated heterocycles. The van der Waals surface area contributed by atoms with Gasteiger partial charge in [0.2, 0.25) is 0 Å². The molecule has 3 rings (SSSR count). The molecule has 0 aromatic carbocycles. The minimum atomic E-state index is 0.00868. The lowest BCUT2D eigenvalue weighted by Gasteiger charge is -2.33. The molecule has 3 aliphatic rings. The van der Waals surface area contributed by atoms with Gasteiger partial charge in [-0.3, -0.25) is 4.79 Å². The van der Waals surface area contributed by atoms with E-state index in [2.05, 4.69) is 20.8 Å². The molecule has 10 heavy (non-hydrogen) atoms. The zero-order valence-electron chi connectivity index (χ0n) is 6.90. The van der Waals surface area contributed by atoms with Crippen molar-refractivity contribution in [2.45, 2.75) is 33.6 Å². The van der Waals surface area contributed by atoms with Crippen LogP contribution in [0, 0.1) is 16.7 Å². The minimum absolute atomic E-state index is 0.00868. The van der Waals surface area contributed by atoms with Crippen LogP contribution in [0.5, 0.6) is 0 Å². The first-order valence-electron chi connectivity index (χ1n) is 4.02. The normalized spacial score (nSPS) is 49.1. The monoisotopic (exact) mass is 138 g/mol. The molecule has 0 amide bonds. The quantitative estimate of drug-likeness (QED) is 0.500. The smallest absolute Gasteiger partial charge is 0.144 e. The Hall–Kier alpha value is -0.330. The lowest BCUT2D eigenvalue weighted by atomic mass is 9.69. The molecule has 56 valence electrons. The van der Waals surface area contributed by atoms with Crippen molar-refractivity contribution in [3.05, 3.63) is 0 Å². The van der Waals surface area contributed by atoms with Gasteiger partial charge in [-0.15, -0.1) is 0 Å². The lowest BCUT2D eigenvalue weighted by Crippen LogP contribution is -2.28. The molecule has 0 unspecified atom stereocenters. The maximum absolute atomic E-state index is 11.6. The minimum Gasteiger partial charge on any atom is -0.298 e. The molecule has 0 N–H and O–H groups in total. The fourth-order valence-electron chi connectivity index (χ4n) is 2.69. The van der Waals surface area contributed by atoms with Crippen LogP contribution in [-0.4, -0.2) is 5.78 Å². The highest BCUT2D eigenvalue weighted by molar-refractivity contribution is 5.94. The summed E-state index contributed by atoms with van der Waals surface area (Å²) >= 11 is 0. The van der Waals surface area contributed by atoms with Crippen LogP contribution in [-0.2, 0) is 4.79 Å². The van der Waals surface area contributed by atoms with Crippen LogP contribution in [0.4, 0.5) is 0 Å². The molecular formula is C9H14O. The van der Waals surface area contributed by atoms with Crippen molar-refractivity contribution in [3.8, 4) is 0 Å². The number of hydrogen-bond donors (Lipinski definition) is 0. The van der Waals surface area contributed by atoms with E-state index in [0.29, 0.717) is 11.7 Å². The van der Waals surface area contributed by atoms with E-state index < -0.39 is 0 Å². The Bertz CT molecular complexity index is 197. The van der Waals surface area contributed by atoms with Gasteiger partial charge in [-0.1, -0.05) is 20.8 Å². The van der Waals surface area contributed by atoms with Gasteiger partial charge in [0.25, 0.3) is 0 Å². The maximum atomic E-state index is 11.6. The third kappa shape index (κ3) is 0.446. The van der Waals surface area contributed by atoms with Crippen LogP contribution in [0.1, 0.15) is 33.6 Å². The van der Waals surface area contributed by atoms with E-state index in [1.165, 1.54) is 0 Å². The number of carbonyl (C=O) groups excluding carboxylic acids is 1. The second kappa shape index (κ2) is 1.32. The average molecular weight is 138 g/mol. The van der Waals surface area contributed by atoms with Gasteiger partial charge in [0.15, 0.2) is 0 Å². The second-order valence-electron chi connectivity index (χ2n) is 4.72. The summed E-state index contributed by atoms with van der Waals surface area (Å²) in [6, 6.07) is 0. The van der Waals surface area contributed by atoms with Crippen molar-refractivity contribution < 1.29 is 4.79 Å². The Balaban J connectivity index is 2.41. The van der Waals surface area contributed by atoms with Crippen LogP contribution in [0.2, 0.25) is 0 Å². The first-order valence-corrected chi connectivity index (χ1v) is 4.02. The van der Waals surface area contributed by atoms with Gasteiger partial charge < -0.3 is 0 Å². The lowest BCUT2D eigenvalue weighted by molar-refractivity contribution is -0.129. The molecule has 3 fully saturated rings. The molecule has 0 spiro atoms. The van der Waals surface area contributed by atoms with E-state index in [9.17, 15) is 4.79 Å². The number of carbonyl (C=O) groups is 1. The van der Waals surface area contributed by atoms with Crippen molar-refractivity contribution >= 4 is 5.78 Å². The molecule has 0 radical (unpaired) electrons. The topological polar surface area (TPSA) is 17.1 Å². The maximum Gasteiger partial charge on any atom is 0.144 e. The largest absolute Gasteiger partial charge is 0.298 e. The number of fused-ring (bicyclic) bond motifs is 1. The zero-order chi connectivity index (χ0) is 7.57. The van der Waals surface area contributed by atoms with Gasteiger partial charge in [0, 0.05) is 10.8 Å². The molecule has 1 nitrogen and oxygen atoms in total. The molecular weight excluding hydrogens is 124 g/mol. The van der Waals surface area contributed by atoms with Gasteiger partial charge in [-0.2, -0.15) is 0 Å². The Morgan fingerprint density at radius 2 is 1.80 bits per heavy atom. The summed E-state index contributed by atoms with van der Waals surface area (Å²) in [5.41, 5.74) is 0.100. The van der Waals surface area contributed by atoms with Crippen LogP contribution in [0.15, 0.2) is 0 Å². The summed E-state index contributed by atoms with van der Waals surface area (Å²) in [6.07, 6.45) is 2.30. The molecule has 0 atom stereocenters. The number of Topliss-reactive ketones (excluding diaryl/α,β-unsaturated/α-hetero) is 1. The van der Waals surface area contributed by atoms with Crippen molar-refractivity contribution in [2.24, 2.45) is 16.7 Å². The molecule has 0 aromatic heterocycles. The van der Waals surface area contributed by atoms with E-state index >= 15 is 0 Å². The molecule has 3 aliphatic carbocycles. The summed E-state index contributed by atoms with van der Waals surface area (Å²) < 4.78 is 0. The second-order valence-corrected chi connectivity index (χ2v) is 4.72. The Labute approximate surface area is 61.8 Å². The van der Waals surface area contributed by atoms with Gasteiger partial charge in [0.1, 0.15) is 5.78 Å². The summed E-state index contributed by atoms with van der Waals surface area (Å²) in [7, 11) is 0. The van der Waals surface area contributed by atoms with Crippen LogP contribution in [0.3, 0.4) is 0 Å². The predicted octanol–water partition coefficient (Wildman–Crippen LogP) is 2.01. The highest BCUT2D eigenvalue weighted by Crippen LogP contribution is 2.64. The van der Waals surface area contributed by atoms with Gasteiger partial charge in [-0.25, -0.2) is 0 Å². The van der Waals surface area contributed by atoms with E-state index in [1.807, 2.05) is 0 Å². The molecule has 0 heterocycles. The van der Waals surface area contributed by atoms with Crippen molar-refractivity contribution in [1.82, 2.24) is 0 Å². The van der Waals surface area contributed by atoms with Crippen LogP contribution in [0.25, 0.3) is 0 Å². The van der Waals surface area contributed by atoms with E-state index in [0.717, 1.165) is 12.8 Å². The van der Waals surface area contributed by atoms with Gasteiger partial charge in [0.05, 0.1) is 0 Å². The first kappa shape index (κ1) is 6.38. The predicted molar refractivity (Wildman–Crippen MR) is 39.6 cm³/mol. The summed E-state index contributed by atoms with van der Waals surface area (Å²) in [5, 5.41) is 0. The first-order chi connectivity index (χ1) is 4.47. The summed E-state index contributed by atoms with van der Waals surface area (Å²) in [6.45, 7) is 6.30. The molecule has 0 aromatic rings. The standard InChI is InChI=1S/C9H14O/c1-8(2)6-4-9(3,5-6)7(8)10/h6H,4-5H2,1-3H3. The Kier molecular flexibility index (Phi) is 0.842. The molecule has 1 heteroatoms. The Morgan fingerprint density at radius 3 is 1.90 bits per heavy atom. The van der Waals surface area contributed by atoms with Crippen LogP contribution >= 0.6 is 0 Å². The molecule has 3 saturated carbocycles. The van der Waals surface area contributed by atoms with E-state index in [-0.39, 0.29) is 10.8 Å². The fraction of sp³-hybridized carbons (Fsp3) is 0.889. The highest BCUT2D eigenvalue weighted by Gasteiger charge is 2.64. The average Bonchev–Trinajstić information content (AvgIpc) is 1.97. The fourth-order valence-corrected chi connectivity index (χ4v) is 2.69. The number of ketones is 1. The zero-order valence-corrected chi connectivity index (χ0v) is 6.90. The third-order valence-electron chi connectivity index (χ3n) is 3.55. The number of rotatable bonds is 0. The van der Waals surface area contributed by atoms with Crippen molar-refractivity contribution in [3.63, 3.8) is 0 Å².